The van der Waals surface area contributed by atoms with E-state index in [0.717, 1.165) is 18.4 Å². The Morgan fingerprint density at radius 1 is 1.06 bits per heavy atom. The predicted molar refractivity (Wildman–Crippen MR) is 123 cm³/mol. The van der Waals surface area contributed by atoms with Gasteiger partial charge in [0.1, 0.15) is 0 Å². The van der Waals surface area contributed by atoms with Gasteiger partial charge < -0.3 is 4.90 Å². The topological polar surface area (TPSA) is 101 Å². The molecule has 0 bridgehead atoms. The molecule has 32 heavy (non-hydrogen) atoms. The third kappa shape index (κ3) is 5.76. The Kier molecular flexibility index (Phi) is 7.59. The number of hydrogen-bond acceptors (Lipinski definition) is 7. The highest BCUT2D eigenvalue weighted by Gasteiger charge is 2.28. The van der Waals surface area contributed by atoms with Crippen molar-refractivity contribution < 1.29 is 13.2 Å². The van der Waals surface area contributed by atoms with Gasteiger partial charge in [0.05, 0.1) is 11.8 Å². The summed E-state index contributed by atoms with van der Waals surface area (Å²) in [5.41, 5.74) is 0.831. The second-order valence-electron chi connectivity index (χ2n) is 8.02. The highest BCUT2D eigenvalue weighted by molar-refractivity contribution is 7.99. The number of carbonyl (C=O) groups is 1. The van der Waals surface area contributed by atoms with Crippen molar-refractivity contribution in [2.75, 3.05) is 31.9 Å². The Balaban J connectivity index is 1.27. The molecule has 0 atom stereocenters. The highest BCUT2D eigenvalue weighted by atomic mass is 32.2. The average molecular weight is 477 g/mol. The lowest BCUT2D eigenvalue weighted by molar-refractivity contribution is -0.129. The molecule has 1 aromatic heterocycles. The van der Waals surface area contributed by atoms with Gasteiger partial charge >= 0.3 is 0 Å². The van der Waals surface area contributed by atoms with Gasteiger partial charge in [-0.15, -0.1) is 5.10 Å². The Hall–Kier alpha value is -2.24. The minimum Gasteiger partial charge on any atom is -0.339 e. The molecule has 1 aromatic carbocycles. The van der Waals surface area contributed by atoms with Gasteiger partial charge in [-0.1, -0.05) is 61.4 Å². The summed E-state index contributed by atoms with van der Waals surface area (Å²) in [7, 11) is -3.52. The van der Waals surface area contributed by atoms with Crippen LogP contribution in [0.1, 0.15) is 43.7 Å². The summed E-state index contributed by atoms with van der Waals surface area (Å²) in [6, 6.07) is 9.63. The van der Waals surface area contributed by atoms with Gasteiger partial charge in [0.25, 0.3) is 0 Å². The van der Waals surface area contributed by atoms with Crippen LogP contribution in [0.5, 0.6) is 0 Å². The summed E-state index contributed by atoms with van der Waals surface area (Å²) in [4.78, 5) is 14.4. The number of hydrogen-bond donors (Lipinski definition) is 0. The second kappa shape index (κ2) is 10.6. The van der Waals surface area contributed by atoms with Gasteiger partial charge in [-0.2, -0.15) is 4.31 Å². The molecule has 0 spiro atoms. The first-order chi connectivity index (χ1) is 15.5. The van der Waals surface area contributed by atoms with Crippen molar-refractivity contribution in [3.63, 3.8) is 0 Å². The van der Waals surface area contributed by atoms with Crippen LogP contribution in [0.15, 0.2) is 40.9 Å². The van der Waals surface area contributed by atoms with Crippen LogP contribution in [0.4, 0.5) is 0 Å². The summed E-state index contributed by atoms with van der Waals surface area (Å²) in [6.45, 7) is 1.34. The number of nitrogens with zero attached hydrogens (tertiary/aromatic N) is 6. The van der Waals surface area contributed by atoms with Crippen molar-refractivity contribution in [3.8, 4) is 0 Å². The molecule has 11 heteroatoms. The van der Waals surface area contributed by atoms with E-state index in [1.165, 1.54) is 40.7 Å². The average Bonchev–Trinajstić information content (AvgIpc) is 3.31. The Bertz CT molecular complexity index is 1030. The first-order valence-corrected chi connectivity index (χ1v) is 13.4. The van der Waals surface area contributed by atoms with E-state index in [0.29, 0.717) is 24.3 Å². The molecule has 0 N–H and O–H groups in total. The number of aromatic nitrogens is 4. The minimum atomic E-state index is -3.52. The number of carbonyl (C=O) groups excluding carboxylic acids is 1. The highest BCUT2D eigenvalue weighted by Crippen LogP contribution is 2.30. The van der Waals surface area contributed by atoms with Crippen LogP contribution in [-0.2, 0) is 14.8 Å². The fraction of sp³-hybridized carbons (Fsp3) is 0.524. The molecule has 172 valence electrons. The van der Waals surface area contributed by atoms with Gasteiger partial charge in [-0.25, -0.2) is 13.1 Å². The van der Waals surface area contributed by atoms with Crippen LogP contribution in [0.2, 0.25) is 0 Å². The van der Waals surface area contributed by atoms with E-state index in [2.05, 4.69) is 15.5 Å². The van der Waals surface area contributed by atoms with E-state index in [1.807, 2.05) is 35.0 Å². The Labute approximate surface area is 192 Å². The lowest BCUT2D eigenvalue weighted by atomic mass is 9.96. The molecule has 4 rings (SSSR count). The third-order valence-corrected chi connectivity index (χ3v) is 8.37. The van der Waals surface area contributed by atoms with Crippen molar-refractivity contribution in [1.82, 2.24) is 29.4 Å². The summed E-state index contributed by atoms with van der Waals surface area (Å²) in [5, 5.41) is 14.0. The summed E-state index contributed by atoms with van der Waals surface area (Å²) >= 11 is 1.35. The molecule has 2 heterocycles. The van der Waals surface area contributed by atoms with E-state index >= 15 is 0 Å². The van der Waals surface area contributed by atoms with E-state index in [4.69, 9.17) is 0 Å². The van der Waals surface area contributed by atoms with Crippen molar-refractivity contribution in [1.29, 1.82) is 0 Å². The number of amides is 1. The smallest absolute Gasteiger partial charge is 0.236 e. The number of piperazine rings is 1. The maximum atomic E-state index is 12.7. The number of tetrazole rings is 1. The fourth-order valence-corrected chi connectivity index (χ4v) is 6.08. The first-order valence-electron chi connectivity index (χ1n) is 10.9. The minimum absolute atomic E-state index is 0.0231. The van der Waals surface area contributed by atoms with E-state index in [-0.39, 0.29) is 24.7 Å². The zero-order valence-corrected chi connectivity index (χ0v) is 19.5. The molecule has 1 amide bonds. The molecule has 9 nitrogen and oxygen atoms in total. The van der Waals surface area contributed by atoms with Crippen LogP contribution in [-0.4, -0.2) is 75.7 Å². The van der Waals surface area contributed by atoms with Gasteiger partial charge in [0.15, 0.2) is 0 Å². The van der Waals surface area contributed by atoms with Crippen LogP contribution in [0, 0.1) is 0 Å². The Morgan fingerprint density at radius 2 is 1.78 bits per heavy atom. The monoisotopic (exact) mass is 476 g/mol. The lowest BCUT2D eigenvalue weighted by Crippen LogP contribution is -2.50. The number of sulfonamides is 1. The standard InChI is InChI=1S/C21H28N6O3S2/c28-20(17-31-21-22-23-24-27(21)19-9-5-2-6-10-19)25-12-14-26(15-13-25)32(29,30)16-11-18-7-3-1-4-8-18/h1,3-4,7-8,11,16,19H,2,5-6,9-10,12-15,17H2/b16-11+. The zero-order valence-electron chi connectivity index (χ0n) is 17.9. The molecule has 2 fully saturated rings. The van der Waals surface area contributed by atoms with Crippen molar-refractivity contribution in [2.24, 2.45) is 0 Å². The quantitative estimate of drug-likeness (QED) is 0.566. The van der Waals surface area contributed by atoms with Crippen LogP contribution in [0.25, 0.3) is 6.08 Å². The van der Waals surface area contributed by atoms with Crippen molar-refractivity contribution in [2.45, 2.75) is 43.3 Å². The van der Waals surface area contributed by atoms with Crippen molar-refractivity contribution in [3.05, 3.63) is 41.3 Å². The number of thioether (sulfide) groups is 1. The molecule has 0 radical (unpaired) electrons. The molecule has 1 aliphatic heterocycles. The molecule has 2 aliphatic rings. The van der Waals surface area contributed by atoms with E-state index in [1.54, 1.807) is 11.0 Å². The molecule has 0 unspecified atom stereocenters. The van der Waals surface area contributed by atoms with Crippen molar-refractivity contribution >= 4 is 33.8 Å². The number of benzene rings is 1. The first kappa shape index (κ1) is 22.9. The summed E-state index contributed by atoms with van der Waals surface area (Å²) in [6.07, 6.45) is 7.36. The fourth-order valence-electron chi connectivity index (χ4n) is 4.06. The molecular weight excluding hydrogens is 448 g/mol. The largest absolute Gasteiger partial charge is 0.339 e. The van der Waals surface area contributed by atoms with Crippen LogP contribution >= 0.6 is 11.8 Å². The maximum Gasteiger partial charge on any atom is 0.236 e. The molecule has 2 aromatic rings. The van der Waals surface area contributed by atoms with Gasteiger partial charge in [-0.05, 0) is 34.9 Å². The number of rotatable bonds is 7. The lowest BCUT2D eigenvalue weighted by Gasteiger charge is -2.33. The molecular formula is C21H28N6O3S2. The predicted octanol–water partition coefficient (Wildman–Crippen LogP) is 2.42. The molecule has 1 saturated carbocycles. The second-order valence-corrected chi connectivity index (χ2v) is 10.8. The van der Waals surface area contributed by atoms with Gasteiger partial charge in [0, 0.05) is 31.6 Å². The molecule has 1 aliphatic carbocycles. The summed E-state index contributed by atoms with van der Waals surface area (Å²) < 4.78 is 28.5. The van der Waals surface area contributed by atoms with Gasteiger partial charge in [0.2, 0.25) is 21.1 Å². The van der Waals surface area contributed by atoms with Crippen LogP contribution in [0.3, 0.4) is 0 Å². The van der Waals surface area contributed by atoms with E-state index in [9.17, 15) is 13.2 Å². The maximum absolute atomic E-state index is 12.7. The zero-order chi connectivity index (χ0) is 22.4. The Morgan fingerprint density at radius 3 is 2.50 bits per heavy atom. The third-order valence-electron chi connectivity index (χ3n) is 5.89. The van der Waals surface area contributed by atoms with Crippen LogP contribution < -0.4 is 0 Å². The normalized spacial score (nSPS) is 18.9. The SMILES string of the molecule is O=C(CSc1nnnn1C1CCCCC1)N1CCN(S(=O)(=O)/C=C/c2ccccc2)CC1. The van der Waals surface area contributed by atoms with E-state index < -0.39 is 10.0 Å². The molecule has 1 saturated heterocycles. The summed E-state index contributed by atoms with van der Waals surface area (Å²) in [5.74, 6) is 0.221. The van der Waals surface area contributed by atoms with Gasteiger partial charge in [-0.3, -0.25) is 4.79 Å².